The summed E-state index contributed by atoms with van der Waals surface area (Å²) in [6, 6.07) is 0. The largest absolute Gasteiger partial charge is 0.486 e. The maximum absolute atomic E-state index is 6.09. The third kappa shape index (κ3) is 1.16. The van der Waals surface area contributed by atoms with Crippen LogP contribution in [-0.2, 0) is 0 Å². The van der Waals surface area contributed by atoms with Crippen molar-refractivity contribution in [3.8, 4) is 5.75 Å². The van der Waals surface area contributed by atoms with Crippen molar-refractivity contribution >= 4 is 22.9 Å². The van der Waals surface area contributed by atoms with Gasteiger partial charge in [0, 0.05) is 19.4 Å². The third-order valence-electron chi connectivity index (χ3n) is 2.49. The highest BCUT2D eigenvalue weighted by atomic mass is 35.5. The lowest BCUT2D eigenvalue weighted by Gasteiger charge is -2.27. The molecule has 0 bridgehead atoms. The zero-order valence-electron chi connectivity index (χ0n) is 8.14. The summed E-state index contributed by atoms with van der Waals surface area (Å²) >= 11 is 6.09. The Labute approximate surface area is 91.2 Å². The van der Waals surface area contributed by atoms with E-state index in [0.29, 0.717) is 23.2 Å². The molecule has 2 aromatic rings. The molecule has 5 nitrogen and oxygen atoms in total. The summed E-state index contributed by atoms with van der Waals surface area (Å²) in [6.07, 6.45) is 3.43. The van der Waals surface area contributed by atoms with Crippen LogP contribution in [0.5, 0.6) is 5.75 Å². The number of aromatic nitrogens is 3. The Bertz CT molecular complexity index is 524. The van der Waals surface area contributed by atoms with Crippen LogP contribution in [0.2, 0.25) is 5.15 Å². The highest BCUT2D eigenvalue weighted by molar-refractivity contribution is 6.32. The molecule has 3 rings (SSSR count). The van der Waals surface area contributed by atoms with Crippen molar-refractivity contribution in [2.45, 2.75) is 0 Å². The fourth-order valence-electron chi connectivity index (χ4n) is 1.74. The fourth-order valence-corrected chi connectivity index (χ4v) is 2.05. The average Bonchev–Trinajstić information content (AvgIpc) is 2.65. The van der Waals surface area contributed by atoms with Crippen LogP contribution >= 0.6 is 11.6 Å². The van der Waals surface area contributed by atoms with Gasteiger partial charge in [-0.1, -0.05) is 11.6 Å². The Morgan fingerprint density at radius 2 is 2.40 bits per heavy atom. The fraction of sp³-hybridized carbons (Fsp3) is 0.333. The molecule has 0 N–H and O–H groups in total. The Morgan fingerprint density at radius 1 is 1.53 bits per heavy atom. The molecule has 2 aromatic heterocycles. The van der Waals surface area contributed by atoms with Gasteiger partial charge < -0.3 is 9.64 Å². The van der Waals surface area contributed by atoms with Gasteiger partial charge in [0.1, 0.15) is 12.3 Å². The molecule has 0 fully saturated rings. The molecular formula is C9H9ClN4O. The molecule has 1 aliphatic heterocycles. The lowest BCUT2D eigenvalue weighted by Crippen LogP contribution is -2.30. The minimum absolute atomic E-state index is 0.442. The second-order valence-electron chi connectivity index (χ2n) is 3.43. The van der Waals surface area contributed by atoms with Crippen LogP contribution in [0.1, 0.15) is 0 Å². The van der Waals surface area contributed by atoms with Crippen LogP contribution in [0.3, 0.4) is 0 Å². The third-order valence-corrected chi connectivity index (χ3v) is 2.74. The number of likely N-dealkylation sites (N-methyl/N-ethyl adjacent to an activating group) is 1. The second-order valence-corrected chi connectivity index (χ2v) is 3.79. The van der Waals surface area contributed by atoms with Crippen LogP contribution in [0.25, 0.3) is 5.65 Å². The lowest BCUT2D eigenvalue weighted by molar-refractivity contribution is 0.312. The van der Waals surface area contributed by atoms with Crippen molar-refractivity contribution in [3.05, 3.63) is 17.5 Å². The first-order valence-electron chi connectivity index (χ1n) is 4.64. The number of imidazole rings is 1. The standard InChI is InChI=1S/C9H9ClN4O/c1-13-4-5-15-7-6(13)8(10)12-14-3-2-11-9(7)14/h2-3H,4-5H2,1H3. The summed E-state index contributed by atoms with van der Waals surface area (Å²) in [5, 5.41) is 4.64. The van der Waals surface area contributed by atoms with E-state index < -0.39 is 0 Å². The molecule has 0 saturated carbocycles. The maximum Gasteiger partial charge on any atom is 0.198 e. The molecule has 1 aliphatic rings. The van der Waals surface area contributed by atoms with Gasteiger partial charge in [-0.2, -0.15) is 5.10 Å². The van der Waals surface area contributed by atoms with Gasteiger partial charge in [0.15, 0.2) is 16.5 Å². The number of hydrogen-bond acceptors (Lipinski definition) is 4. The Hall–Kier alpha value is -1.49. The molecule has 78 valence electrons. The number of fused-ring (bicyclic) bond motifs is 3. The number of anilines is 1. The summed E-state index contributed by atoms with van der Waals surface area (Å²) < 4.78 is 7.22. The Balaban J connectivity index is 2.38. The SMILES string of the molecule is CN1CCOc2c1c(Cl)nn1ccnc21. The summed E-state index contributed by atoms with van der Waals surface area (Å²) in [6.45, 7) is 1.46. The summed E-state index contributed by atoms with van der Waals surface area (Å²) in [5.41, 5.74) is 1.53. The lowest BCUT2D eigenvalue weighted by atomic mass is 10.3. The predicted octanol–water partition coefficient (Wildman–Crippen LogP) is 1.21. The smallest absolute Gasteiger partial charge is 0.198 e. The summed E-state index contributed by atoms with van der Waals surface area (Å²) in [7, 11) is 1.97. The van der Waals surface area contributed by atoms with Crippen molar-refractivity contribution in [1.82, 2.24) is 14.6 Å². The summed E-state index contributed by atoms with van der Waals surface area (Å²) in [5.74, 6) is 0.716. The first-order valence-corrected chi connectivity index (χ1v) is 5.02. The topological polar surface area (TPSA) is 42.7 Å². The van der Waals surface area contributed by atoms with Gasteiger partial charge in [0.2, 0.25) is 0 Å². The minimum Gasteiger partial charge on any atom is -0.486 e. The van der Waals surface area contributed by atoms with Crippen molar-refractivity contribution in [2.24, 2.45) is 0 Å². The quantitative estimate of drug-likeness (QED) is 0.675. The van der Waals surface area contributed by atoms with Crippen LogP contribution in [0.15, 0.2) is 12.4 Å². The van der Waals surface area contributed by atoms with Crippen LogP contribution < -0.4 is 9.64 Å². The first kappa shape index (κ1) is 8.79. The van der Waals surface area contributed by atoms with Crippen LogP contribution in [0.4, 0.5) is 5.69 Å². The number of rotatable bonds is 0. The van der Waals surface area contributed by atoms with E-state index in [1.54, 1.807) is 16.9 Å². The average molecular weight is 225 g/mol. The van der Waals surface area contributed by atoms with E-state index in [0.717, 1.165) is 12.2 Å². The normalized spacial score (nSPS) is 15.2. The highest BCUT2D eigenvalue weighted by Crippen LogP contribution is 2.38. The van der Waals surface area contributed by atoms with Crippen molar-refractivity contribution in [2.75, 3.05) is 25.1 Å². The van der Waals surface area contributed by atoms with Crippen molar-refractivity contribution in [1.29, 1.82) is 0 Å². The minimum atomic E-state index is 0.442. The number of hydrogen-bond donors (Lipinski definition) is 0. The van der Waals surface area contributed by atoms with Gasteiger partial charge in [-0.15, -0.1) is 0 Å². The molecule has 0 amide bonds. The van der Waals surface area contributed by atoms with Crippen molar-refractivity contribution in [3.63, 3.8) is 0 Å². The van der Waals surface area contributed by atoms with Gasteiger partial charge in [-0.3, -0.25) is 0 Å². The van der Waals surface area contributed by atoms with E-state index in [9.17, 15) is 0 Å². The molecule has 3 heterocycles. The molecular weight excluding hydrogens is 216 g/mol. The van der Waals surface area contributed by atoms with Gasteiger partial charge in [0.05, 0.1) is 6.54 Å². The molecule has 0 aromatic carbocycles. The van der Waals surface area contributed by atoms with Crippen molar-refractivity contribution < 1.29 is 4.74 Å². The van der Waals surface area contributed by atoms with E-state index in [4.69, 9.17) is 16.3 Å². The zero-order chi connectivity index (χ0) is 10.4. The van der Waals surface area contributed by atoms with E-state index >= 15 is 0 Å². The van der Waals surface area contributed by atoms with E-state index in [1.807, 2.05) is 11.9 Å². The van der Waals surface area contributed by atoms with Crippen LogP contribution in [-0.4, -0.2) is 34.8 Å². The van der Waals surface area contributed by atoms with Gasteiger partial charge >= 0.3 is 0 Å². The number of nitrogens with zero attached hydrogens (tertiary/aromatic N) is 4. The Kier molecular flexibility index (Phi) is 1.76. The van der Waals surface area contributed by atoms with E-state index in [-0.39, 0.29) is 0 Å². The second kappa shape index (κ2) is 3.00. The van der Waals surface area contributed by atoms with Gasteiger partial charge in [-0.25, -0.2) is 9.50 Å². The van der Waals surface area contributed by atoms with E-state index in [2.05, 4.69) is 10.1 Å². The molecule has 0 saturated heterocycles. The molecule has 0 aliphatic carbocycles. The molecule has 0 spiro atoms. The number of halogens is 1. The van der Waals surface area contributed by atoms with Crippen LogP contribution in [0, 0.1) is 0 Å². The monoisotopic (exact) mass is 224 g/mol. The predicted molar refractivity (Wildman–Crippen MR) is 56.8 cm³/mol. The van der Waals surface area contributed by atoms with E-state index in [1.165, 1.54) is 0 Å². The van der Waals surface area contributed by atoms with Gasteiger partial charge in [-0.05, 0) is 0 Å². The first-order chi connectivity index (χ1) is 7.27. The molecule has 0 atom stereocenters. The zero-order valence-corrected chi connectivity index (χ0v) is 8.90. The Morgan fingerprint density at radius 3 is 3.27 bits per heavy atom. The van der Waals surface area contributed by atoms with Gasteiger partial charge in [0.25, 0.3) is 0 Å². The molecule has 6 heteroatoms. The maximum atomic E-state index is 6.09. The highest BCUT2D eigenvalue weighted by Gasteiger charge is 2.23. The molecule has 0 radical (unpaired) electrons. The molecule has 15 heavy (non-hydrogen) atoms. The molecule has 0 unspecified atom stereocenters. The number of ether oxygens (including phenoxy) is 1. The summed E-state index contributed by atoms with van der Waals surface area (Å²) in [4.78, 5) is 6.23.